The molecule has 1 aromatic heterocycles. The number of fused-ring (bicyclic) bond motifs is 1. The van der Waals surface area contributed by atoms with Crippen LogP contribution < -0.4 is 5.43 Å². The lowest BCUT2D eigenvalue weighted by atomic mass is 10.2. The van der Waals surface area contributed by atoms with Crippen LogP contribution in [-0.2, 0) is 0 Å². The minimum absolute atomic E-state index is 0.606. The summed E-state index contributed by atoms with van der Waals surface area (Å²) in [6.07, 6.45) is 1.72. The van der Waals surface area contributed by atoms with Gasteiger partial charge < -0.3 is 0 Å². The first-order valence-electron chi connectivity index (χ1n) is 8.26. The predicted molar refractivity (Wildman–Crippen MR) is 113 cm³/mol. The minimum atomic E-state index is 0.606. The quantitative estimate of drug-likeness (QED) is 0.339. The summed E-state index contributed by atoms with van der Waals surface area (Å²) in [5.74, 6) is 1.24. The Morgan fingerprint density at radius 2 is 1.44 bits per heavy atom. The van der Waals surface area contributed by atoms with Crippen molar-refractivity contribution < 1.29 is 0 Å². The fourth-order valence-electron chi connectivity index (χ4n) is 2.61. The van der Waals surface area contributed by atoms with Gasteiger partial charge in [0.15, 0.2) is 11.6 Å². The number of halogens is 2. The summed E-state index contributed by atoms with van der Waals surface area (Å²) in [6.45, 7) is 0. The topological polar surface area (TPSA) is 50.2 Å². The highest BCUT2D eigenvalue weighted by molar-refractivity contribution is 6.30. The number of anilines is 1. The SMILES string of the molecule is Clc1ccc(C=NNc2nc(-c3ccc(Cl)cc3)nc3ccccc23)cc1. The molecule has 4 aromatic rings. The van der Waals surface area contributed by atoms with Crippen molar-refractivity contribution in [3.8, 4) is 11.4 Å². The van der Waals surface area contributed by atoms with Crippen molar-refractivity contribution in [1.29, 1.82) is 0 Å². The van der Waals surface area contributed by atoms with Crippen LogP contribution in [0.25, 0.3) is 22.3 Å². The van der Waals surface area contributed by atoms with Crippen molar-refractivity contribution in [2.24, 2.45) is 5.10 Å². The van der Waals surface area contributed by atoms with Crippen LogP contribution in [0.1, 0.15) is 5.56 Å². The van der Waals surface area contributed by atoms with E-state index >= 15 is 0 Å². The van der Waals surface area contributed by atoms with E-state index in [1.165, 1.54) is 0 Å². The summed E-state index contributed by atoms with van der Waals surface area (Å²) < 4.78 is 0. The molecule has 0 fully saturated rings. The molecule has 1 N–H and O–H groups in total. The van der Waals surface area contributed by atoms with Crippen LogP contribution in [-0.4, -0.2) is 16.2 Å². The number of hydrogen-bond acceptors (Lipinski definition) is 4. The molecule has 0 radical (unpaired) electrons. The van der Waals surface area contributed by atoms with Crippen molar-refractivity contribution in [3.63, 3.8) is 0 Å². The molecule has 0 aliphatic rings. The van der Waals surface area contributed by atoms with Crippen LogP contribution in [0.2, 0.25) is 10.0 Å². The molecule has 27 heavy (non-hydrogen) atoms. The second-order valence-electron chi connectivity index (χ2n) is 5.84. The molecule has 0 aliphatic heterocycles. The molecule has 0 atom stereocenters. The molecule has 132 valence electrons. The van der Waals surface area contributed by atoms with E-state index in [9.17, 15) is 0 Å². The number of aromatic nitrogens is 2. The van der Waals surface area contributed by atoms with Crippen LogP contribution in [0.15, 0.2) is 77.9 Å². The fourth-order valence-corrected chi connectivity index (χ4v) is 2.86. The van der Waals surface area contributed by atoms with Gasteiger partial charge in [0.2, 0.25) is 0 Å². The second kappa shape index (κ2) is 7.74. The Labute approximate surface area is 166 Å². The predicted octanol–water partition coefficient (Wildman–Crippen LogP) is 6.05. The van der Waals surface area contributed by atoms with Gasteiger partial charge >= 0.3 is 0 Å². The van der Waals surface area contributed by atoms with Crippen molar-refractivity contribution in [1.82, 2.24) is 9.97 Å². The van der Waals surface area contributed by atoms with Gasteiger partial charge in [-0.1, -0.05) is 47.5 Å². The Morgan fingerprint density at radius 1 is 0.778 bits per heavy atom. The zero-order valence-electron chi connectivity index (χ0n) is 14.1. The molecule has 0 aliphatic carbocycles. The van der Waals surface area contributed by atoms with Gasteiger partial charge in [-0.25, -0.2) is 9.97 Å². The molecule has 0 spiro atoms. The third-order valence-corrected chi connectivity index (χ3v) is 4.46. The number of hydrogen-bond donors (Lipinski definition) is 1. The highest BCUT2D eigenvalue weighted by Gasteiger charge is 2.08. The zero-order valence-corrected chi connectivity index (χ0v) is 15.6. The average molecular weight is 393 g/mol. The van der Waals surface area contributed by atoms with Gasteiger partial charge in [-0.2, -0.15) is 5.10 Å². The maximum Gasteiger partial charge on any atom is 0.162 e. The van der Waals surface area contributed by atoms with Crippen molar-refractivity contribution in [3.05, 3.63) is 88.4 Å². The summed E-state index contributed by atoms with van der Waals surface area (Å²) in [5.41, 5.74) is 5.68. The van der Waals surface area contributed by atoms with Crippen LogP contribution in [0.5, 0.6) is 0 Å². The van der Waals surface area contributed by atoms with Gasteiger partial charge in [0, 0.05) is 21.0 Å². The second-order valence-corrected chi connectivity index (χ2v) is 6.71. The first-order valence-corrected chi connectivity index (χ1v) is 9.02. The lowest BCUT2D eigenvalue weighted by molar-refractivity contribution is 1.19. The van der Waals surface area contributed by atoms with E-state index in [0.29, 0.717) is 21.7 Å². The maximum atomic E-state index is 5.98. The molecule has 3 aromatic carbocycles. The first kappa shape index (κ1) is 17.5. The maximum absolute atomic E-state index is 5.98. The summed E-state index contributed by atoms with van der Waals surface area (Å²) >= 11 is 11.9. The Bertz CT molecular complexity index is 1110. The van der Waals surface area contributed by atoms with Gasteiger partial charge in [-0.3, -0.25) is 5.43 Å². The molecule has 4 rings (SSSR count). The molecule has 1 heterocycles. The molecule has 0 saturated carbocycles. The average Bonchev–Trinajstić information content (AvgIpc) is 2.70. The Balaban J connectivity index is 1.70. The monoisotopic (exact) mass is 392 g/mol. The van der Waals surface area contributed by atoms with E-state index < -0.39 is 0 Å². The van der Waals surface area contributed by atoms with Gasteiger partial charge in [-0.05, 0) is 54.1 Å². The van der Waals surface area contributed by atoms with Crippen molar-refractivity contribution in [2.75, 3.05) is 5.43 Å². The van der Waals surface area contributed by atoms with E-state index in [4.69, 9.17) is 23.2 Å². The minimum Gasteiger partial charge on any atom is -0.261 e. The lowest BCUT2D eigenvalue weighted by Crippen LogP contribution is -1.99. The summed E-state index contributed by atoms with van der Waals surface area (Å²) in [5, 5.41) is 6.56. The smallest absolute Gasteiger partial charge is 0.162 e. The van der Waals surface area contributed by atoms with Crippen LogP contribution in [0, 0.1) is 0 Å². The summed E-state index contributed by atoms with van der Waals surface area (Å²) in [7, 11) is 0. The highest BCUT2D eigenvalue weighted by atomic mass is 35.5. The number of rotatable bonds is 4. The van der Waals surface area contributed by atoms with Crippen molar-refractivity contribution >= 4 is 46.1 Å². The number of hydrazone groups is 1. The standard InChI is InChI=1S/C21H14Cl2N4/c22-16-9-5-14(6-10-16)13-24-27-21-18-3-1-2-4-19(18)25-20(26-21)15-7-11-17(23)12-8-15/h1-13H,(H,25,26,27). The molecule has 0 saturated heterocycles. The molecule has 4 nitrogen and oxygen atoms in total. The Kier molecular flexibility index (Phi) is 5.01. The Morgan fingerprint density at radius 3 is 2.19 bits per heavy atom. The normalized spacial score (nSPS) is 11.2. The van der Waals surface area contributed by atoms with Gasteiger partial charge in [0.25, 0.3) is 0 Å². The summed E-state index contributed by atoms with van der Waals surface area (Å²) in [4.78, 5) is 9.30. The highest BCUT2D eigenvalue weighted by Crippen LogP contribution is 2.25. The number of para-hydroxylation sites is 1. The van der Waals surface area contributed by atoms with E-state index in [1.54, 1.807) is 6.21 Å². The van der Waals surface area contributed by atoms with E-state index in [2.05, 4.69) is 20.5 Å². The largest absolute Gasteiger partial charge is 0.261 e. The van der Waals surface area contributed by atoms with Crippen LogP contribution in [0.4, 0.5) is 5.82 Å². The van der Waals surface area contributed by atoms with Crippen molar-refractivity contribution in [2.45, 2.75) is 0 Å². The van der Waals surface area contributed by atoms with Gasteiger partial charge in [0.05, 0.1) is 11.7 Å². The van der Waals surface area contributed by atoms with Gasteiger partial charge in [-0.15, -0.1) is 0 Å². The molecular formula is C21H14Cl2N4. The molecule has 0 amide bonds. The van der Waals surface area contributed by atoms with Crippen LogP contribution in [0.3, 0.4) is 0 Å². The Hall–Kier alpha value is -2.95. The number of nitrogens with zero attached hydrogens (tertiary/aromatic N) is 3. The van der Waals surface area contributed by atoms with E-state index in [0.717, 1.165) is 22.0 Å². The van der Waals surface area contributed by atoms with E-state index in [1.807, 2.05) is 72.8 Å². The molecular weight excluding hydrogens is 379 g/mol. The van der Waals surface area contributed by atoms with Gasteiger partial charge in [0.1, 0.15) is 0 Å². The third-order valence-electron chi connectivity index (χ3n) is 3.96. The first-order chi connectivity index (χ1) is 13.2. The number of benzene rings is 3. The summed E-state index contributed by atoms with van der Waals surface area (Å²) in [6, 6.07) is 22.7. The fraction of sp³-hybridized carbons (Fsp3) is 0. The molecule has 0 bridgehead atoms. The third kappa shape index (κ3) is 4.08. The molecule has 0 unspecified atom stereocenters. The lowest BCUT2D eigenvalue weighted by Gasteiger charge is -2.08. The van der Waals surface area contributed by atoms with Crippen LogP contribution >= 0.6 is 23.2 Å². The molecule has 6 heteroatoms. The zero-order chi connectivity index (χ0) is 18.6. The number of nitrogens with one attached hydrogen (secondary N) is 1. The van der Waals surface area contributed by atoms with E-state index in [-0.39, 0.29) is 0 Å².